The SMILES string of the molecule is CO[C@H](C)c1nc(C)c(C(=O)N2CCC(F)(F)[C@H](CO)C2)s1. The summed E-state index contributed by atoms with van der Waals surface area (Å²) in [5, 5.41) is 9.80. The number of amides is 1. The number of alkyl halides is 2. The molecule has 1 N–H and O–H groups in total. The van der Waals surface area contributed by atoms with Crippen molar-refractivity contribution in [3.63, 3.8) is 0 Å². The van der Waals surface area contributed by atoms with Crippen LogP contribution in [0.1, 0.15) is 39.8 Å². The molecular formula is C14H20F2N2O3S. The second kappa shape index (κ2) is 6.55. The van der Waals surface area contributed by atoms with Crippen LogP contribution >= 0.6 is 11.3 Å². The highest BCUT2D eigenvalue weighted by atomic mass is 32.1. The number of ether oxygens (including phenoxy) is 1. The molecule has 0 aliphatic carbocycles. The summed E-state index contributed by atoms with van der Waals surface area (Å²) in [7, 11) is 1.56. The molecule has 0 radical (unpaired) electrons. The highest BCUT2D eigenvalue weighted by molar-refractivity contribution is 7.13. The molecule has 1 saturated heterocycles. The summed E-state index contributed by atoms with van der Waals surface area (Å²) in [6, 6.07) is 0. The van der Waals surface area contributed by atoms with E-state index in [1.807, 2.05) is 6.92 Å². The predicted octanol–water partition coefficient (Wildman–Crippen LogP) is 2.25. The molecular weight excluding hydrogens is 314 g/mol. The topological polar surface area (TPSA) is 62.7 Å². The van der Waals surface area contributed by atoms with Gasteiger partial charge in [-0.15, -0.1) is 11.3 Å². The van der Waals surface area contributed by atoms with Gasteiger partial charge in [-0.2, -0.15) is 0 Å². The highest BCUT2D eigenvalue weighted by Crippen LogP contribution is 2.34. The number of methoxy groups -OCH3 is 1. The van der Waals surface area contributed by atoms with E-state index in [1.165, 1.54) is 16.2 Å². The first-order chi connectivity index (χ1) is 10.3. The van der Waals surface area contributed by atoms with Crippen LogP contribution in [0.3, 0.4) is 0 Å². The van der Waals surface area contributed by atoms with Crippen molar-refractivity contribution in [2.75, 3.05) is 26.8 Å². The first kappa shape index (κ1) is 17.2. The number of aliphatic hydroxyl groups is 1. The predicted molar refractivity (Wildman–Crippen MR) is 78.3 cm³/mol. The van der Waals surface area contributed by atoms with Gasteiger partial charge in [0.05, 0.1) is 18.2 Å². The van der Waals surface area contributed by atoms with Crippen LogP contribution < -0.4 is 0 Å². The summed E-state index contributed by atoms with van der Waals surface area (Å²) in [4.78, 5) is 18.7. The van der Waals surface area contributed by atoms with Crippen LogP contribution in [0.15, 0.2) is 0 Å². The lowest BCUT2D eigenvalue weighted by Crippen LogP contribution is -2.50. The minimum atomic E-state index is -2.93. The van der Waals surface area contributed by atoms with Crippen LogP contribution in [0.5, 0.6) is 0 Å². The first-order valence-electron chi connectivity index (χ1n) is 7.08. The summed E-state index contributed by atoms with van der Waals surface area (Å²) in [6.07, 6.45) is -0.649. The van der Waals surface area contributed by atoms with Gasteiger partial charge in [0.1, 0.15) is 16.0 Å². The molecule has 1 aromatic heterocycles. The molecule has 0 bridgehead atoms. The first-order valence-corrected chi connectivity index (χ1v) is 7.90. The van der Waals surface area contributed by atoms with Crippen molar-refractivity contribution in [2.45, 2.75) is 32.3 Å². The van der Waals surface area contributed by atoms with E-state index < -0.39 is 24.9 Å². The van der Waals surface area contributed by atoms with Gasteiger partial charge in [-0.1, -0.05) is 0 Å². The largest absolute Gasteiger partial charge is 0.396 e. The Morgan fingerprint density at radius 2 is 2.32 bits per heavy atom. The third-order valence-electron chi connectivity index (χ3n) is 3.97. The van der Waals surface area contributed by atoms with Crippen molar-refractivity contribution in [2.24, 2.45) is 5.92 Å². The zero-order chi connectivity index (χ0) is 16.5. The van der Waals surface area contributed by atoms with Crippen molar-refractivity contribution in [3.8, 4) is 0 Å². The van der Waals surface area contributed by atoms with Crippen molar-refractivity contribution in [1.82, 2.24) is 9.88 Å². The number of aryl methyl sites for hydroxylation is 1. The number of aliphatic hydroxyl groups excluding tert-OH is 1. The molecule has 5 nitrogen and oxygen atoms in total. The summed E-state index contributed by atoms with van der Waals surface area (Å²) >= 11 is 1.23. The molecule has 8 heteroatoms. The van der Waals surface area contributed by atoms with Gasteiger partial charge in [-0.05, 0) is 13.8 Å². The average molecular weight is 334 g/mol. The van der Waals surface area contributed by atoms with E-state index in [9.17, 15) is 13.6 Å². The Morgan fingerprint density at radius 1 is 1.64 bits per heavy atom. The van der Waals surface area contributed by atoms with E-state index in [0.29, 0.717) is 15.6 Å². The number of piperidine rings is 1. The average Bonchev–Trinajstić information content (AvgIpc) is 2.87. The molecule has 2 heterocycles. The monoisotopic (exact) mass is 334 g/mol. The maximum absolute atomic E-state index is 13.6. The van der Waals surface area contributed by atoms with Crippen LogP contribution in [-0.2, 0) is 4.74 Å². The van der Waals surface area contributed by atoms with E-state index >= 15 is 0 Å². The lowest BCUT2D eigenvalue weighted by molar-refractivity contribution is -0.113. The molecule has 1 aliphatic rings. The van der Waals surface area contributed by atoms with E-state index in [2.05, 4.69) is 4.98 Å². The minimum Gasteiger partial charge on any atom is -0.396 e. The van der Waals surface area contributed by atoms with Gasteiger partial charge in [-0.3, -0.25) is 4.79 Å². The smallest absolute Gasteiger partial charge is 0.265 e. The fraction of sp³-hybridized carbons (Fsp3) is 0.714. The summed E-state index contributed by atoms with van der Waals surface area (Å²) in [6.45, 7) is 2.75. The molecule has 1 fully saturated rings. The van der Waals surface area contributed by atoms with E-state index in [4.69, 9.17) is 9.84 Å². The van der Waals surface area contributed by atoms with Crippen LogP contribution in [0.25, 0.3) is 0 Å². The summed E-state index contributed by atoms with van der Waals surface area (Å²) in [5.74, 6) is -4.45. The molecule has 1 aromatic rings. The lowest BCUT2D eigenvalue weighted by atomic mass is 9.94. The van der Waals surface area contributed by atoms with E-state index in [1.54, 1.807) is 14.0 Å². The third-order valence-corrected chi connectivity index (χ3v) is 5.28. The molecule has 22 heavy (non-hydrogen) atoms. The van der Waals surface area contributed by atoms with Gasteiger partial charge in [0.25, 0.3) is 11.8 Å². The molecule has 2 rings (SSSR count). The maximum Gasteiger partial charge on any atom is 0.265 e. The summed E-state index contributed by atoms with van der Waals surface area (Å²) in [5.41, 5.74) is 0.576. The molecule has 0 saturated carbocycles. The Balaban J connectivity index is 2.17. The zero-order valence-electron chi connectivity index (χ0n) is 12.8. The number of nitrogens with zero attached hydrogens (tertiary/aromatic N) is 2. The molecule has 1 amide bonds. The van der Waals surface area contributed by atoms with E-state index in [0.717, 1.165) is 0 Å². The van der Waals surface area contributed by atoms with Crippen molar-refractivity contribution in [3.05, 3.63) is 15.6 Å². The zero-order valence-corrected chi connectivity index (χ0v) is 13.6. The number of likely N-dealkylation sites (tertiary alicyclic amines) is 1. The van der Waals surface area contributed by atoms with Crippen LogP contribution in [0.4, 0.5) is 8.78 Å². The van der Waals surface area contributed by atoms with Gasteiger partial charge < -0.3 is 14.7 Å². The number of carbonyl (C=O) groups is 1. The van der Waals surface area contributed by atoms with Crippen molar-refractivity contribution in [1.29, 1.82) is 0 Å². The molecule has 0 unspecified atom stereocenters. The molecule has 1 aliphatic heterocycles. The second-order valence-electron chi connectivity index (χ2n) is 5.49. The molecule has 0 aromatic carbocycles. The molecule has 2 atom stereocenters. The van der Waals surface area contributed by atoms with Crippen LogP contribution in [0, 0.1) is 12.8 Å². The van der Waals surface area contributed by atoms with Gasteiger partial charge in [-0.25, -0.2) is 13.8 Å². The van der Waals surface area contributed by atoms with E-state index in [-0.39, 0.29) is 25.1 Å². The molecule has 0 spiro atoms. The van der Waals surface area contributed by atoms with Gasteiger partial charge in [0, 0.05) is 26.6 Å². The second-order valence-corrected chi connectivity index (χ2v) is 6.52. The lowest BCUT2D eigenvalue weighted by Gasteiger charge is -2.37. The third kappa shape index (κ3) is 3.28. The van der Waals surface area contributed by atoms with Gasteiger partial charge in [0.2, 0.25) is 0 Å². The van der Waals surface area contributed by atoms with Crippen molar-refractivity contribution >= 4 is 17.2 Å². The standard InChI is InChI=1S/C14H20F2N2O3S/c1-8-11(22-12(17-8)9(2)21-3)13(20)18-5-4-14(15,16)10(6-18)7-19/h9-10,19H,4-7H2,1-3H3/t9-,10+/m1/s1. The highest BCUT2D eigenvalue weighted by Gasteiger charge is 2.45. The van der Waals surface area contributed by atoms with Crippen LogP contribution in [-0.4, -0.2) is 53.6 Å². The van der Waals surface area contributed by atoms with Gasteiger partial charge >= 0.3 is 0 Å². The number of rotatable bonds is 4. The number of halogens is 2. The quantitative estimate of drug-likeness (QED) is 0.917. The Labute approximate surface area is 131 Å². The minimum absolute atomic E-state index is 0.0190. The molecule has 124 valence electrons. The number of carbonyl (C=O) groups excluding carboxylic acids is 1. The maximum atomic E-state index is 13.6. The van der Waals surface area contributed by atoms with Crippen molar-refractivity contribution < 1.29 is 23.4 Å². The normalized spacial score (nSPS) is 22.6. The fourth-order valence-electron chi connectivity index (χ4n) is 2.39. The van der Waals surface area contributed by atoms with Crippen LogP contribution in [0.2, 0.25) is 0 Å². The Kier molecular flexibility index (Phi) is 5.14. The Hall–Kier alpha value is -1.12. The number of thiazole rings is 1. The Bertz CT molecular complexity index is 550. The van der Waals surface area contributed by atoms with Gasteiger partial charge in [0.15, 0.2) is 0 Å². The number of aromatic nitrogens is 1. The Morgan fingerprint density at radius 3 is 2.91 bits per heavy atom. The fourth-order valence-corrected chi connectivity index (χ4v) is 3.45. The summed E-state index contributed by atoms with van der Waals surface area (Å²) < 4.78 is 32.4. The number of hydrogen-bond donors (Lipinski definition) is 1. The number of hydrogen-bond acceptors (Lipinski definition) is 5.